The normalized spacial score (nSPS) is 15.0. The first-order chi connectivity index (χ1) is 28.7. The molecule has 0 radical (unpaired) electrons. The standard InChI is InChI=1S/2C22H21N3O4/c2*1-2-16-4-3-5-17(12-16)25-22-18-13-20-21(14-19(18)23-15-24-22)29-11-9-27-7-6-26-8-10-28-20/h2*1,3-5,12-15H,6-11H2,(H,23,24,25). The molecule has 2 aromatic heterocycles. The summed E-state index contributed by atoms with van der Waals surface area (Å²) in [4.78, 5) is 17.5. The fraction of sp³-hybridized carbons (Fsp3) is 0.273. The van der Waals surface area contributed by atoms with Crippen LogP contribution in [0.15, 0.2) is 85.5 Å². The van der Waals surface area contributed by atoms with Gasteiger partial charge < -0.3 is 48.5 Å². The van der Waals surface area contributed by atoms with Gasteiger partial charge in [-0.15, -0.1) is 12.8 Å². The van der Waals surface area contributed by atoms with Gasteiger partial charge in [0, 0.05) is 45.4 Å². The summed E-state index contributed by atoms with van der Waals surface area (Å²) in [5, 5.41) is 8.24. The molecule has 2 aliphatic rings. The number of hydrogen-bond donors (Lipinski definition) is 2. The minimum Gasteiger partial charge on any atom is -0.487 e. The maximum atomic E-state index is 5.91. The van der Waals surface area contributed by atoms with Crippen LogP contribution >= 0.6 is 0 Å². The number of rotatable bonds is 4. The van der Waals surface area contributed by atoms with Gasteiger partial charge >= 0.3 is 0 Å². The van der Waals surface area contributed by atoms with E-state index in [1.165, 1.54) is 12.7 Å². The van der Waals surface area contributed by atoms with Crippen molar-refractivity contribution in [1.29, 1.82) is 0 Å². The van der Waals surface area contributed by atoms with Gasteiger partial charge in [-0.1, -0.05) is 24.0 Å². The second-order valence-electron chi connectivity index (χ2n) is 12.6. The Bertz CT molecular complexity index is 2230. The maximum Gasteiger partial charge on any atom is 0.163 e. The van der Waals surface area contributed by atoms with E-state index in [1.54, 1.807) is 0 Å². The third kappa shape index (κ3) is 10.8. The Hall–Kier alpha value is -6.68. The quantitative estimate of drug-likeness (QED) is 0.192. The van der Waals surface area contributed by atoms with E-state index in [-0.39, 0.29) is 0 Å². The summed E-state index contributed by atoms with van der Waals surface area (Å²) in [6, 6.07) is 22.6. The van der Waals surface area contributed by atoms with Crippen molar-refractivity contribution in [3.63, 3.8) is 0 Å². The third-order valence-electron chi connectivity index (χ3n) is 8.67. The van der Waals surface area contributed by atoms with Crippen LogP contribution < -0.4 is 29.6 Å². The van der Waals surface area contributed by atoms with Crippen LogP contribution in [0.4, 0.5) is 23.0 Å². The molecule has 2 aliphatic heterocycles. The fourth-order valence-corrected chi connectivity index (χ4v) is 5.91. The monoisotopic (exact) mass is 782 g/mol. The largest absolute Gasteiger partial charge is 0.487 e. The number of benzene rings is 4. The SMILES string of the molecule is C#Cc1cccc(Nc2ncnc3cc4c(cc23)OCCOCCOCCO4)c1.C#Cc1cccc(Nc2ncnc3cc4c(cc23)OCCOCCOCCO4)c1. The molecule has 0 amide bonds. The lowest BCUT2D eigenvalue weighted by molar-refractivity contribution is 0.0224. The summed E-state index contributed by atoms with van der Waals surface area (Å²) in [6.07, 6.45) is 14.0. The predicted octanol–water partition coefficient (Wildman–Crippen LogP) is 6.32. The highest BCUT2D eigenvalue weighted by molar-refractivity contribution is 5.94. The Morgan fingerprint density at radius 2 is 0.793 bits per heavy atom. The third-order valence-corrected chi connectivity index (χ3v) is 8.67. The smallest absolute Gasteiger partial charge is 0.163 e. The lowest BCUT2D eigenvalue weighted by atomic mass is 10.2. The molecule has 14 heteroatoms. The second-order valence-corrected chi connectivity index (χ2v) is 12.6. The number of nitrogens with one attached hydrogen (secondary N) is 2. The van der Waals surface area contributed by atoms with Crippen molar-refractivity contribution in [1.82, 2.24) is 19.9 Å². The van der Waals surface area contributed by atoms with E-state index in [0.29, 0.717) is 114 Å². The summed E-state index contributed by atoms with van der Waals surface area (Å²) < 4.78 is 45.5. The minimum absolute atomic E-state index is 0.405. The van der Waals surface area contributed by atoms with Gasteiger partial charge in [-0.05, 0) is 48.5 Å². The molecule has 0 aliphatic carbocycles. The molecule has 0 atom stereocenters. The molecule has 296 valence electrons. The van der Waals surface area contributed by atoms with Gasteiger partial charge in [-0.25, -0.2) is 19.9 Å². The van der Waals surface area contributed by atoms with Gasteiger partial charge in [0.05, 0.1) is 63.9 Å². The van der Waals surface area contributed by atoms with Crippen LogP contribution in [0.1, 0.15) is 11.1 Å². The lowest BCUT2D eigenvalue weighted by Crippen LogP contribution is -2.15. The van der Waals surface area contributed by atoms with E-state index in [1.807, 2.05) is 72.8 Å². The highest BCUT2D eigenvalue weighted by Crippen LogP contribution is 2.36. The number of anilines is 4. The van der Waals surface area contributed by atoms with E-state index >= 15 is 0 Å². The Kier molecular flexibility index (Phi) is 14.0. The van der Waals surface area contributed by atoms with Gasteiger partial charge in [0.1, 0.15) is 50.7 Å². The zero-order valence-electron chi connectivity index (χ0n) is 31.8. The van der Waals surface area contributed by atoms with E-state index in [0.717, 1.165) is 44.3 Å². The Morgan fingerprint density at radius 1 is 0.431 bits per heavy atom. The summed E-state index contributed by atoms with van der Waals surface area (Å²) >= 11 is 0. The van der Waals surface area contributed by atoms with Crippen LogP contribution in [0, 0.1) is 24.7 Å². The molecule has 0 spiro atoms. The zero-order valence-corrected chi connectivity index (χ0v) is 31.8. The first-order valence-corrected chi connectivity index (χ1v) is 18.7. The topological polar surface area (TPSA) is 149 Å². The van der Waals surface area contributed by atoms with Crippen molar-refractivity contribution >= 4 is 44.8 Å². The summed E-state index contributed by atoms with van der Waals surface area (Å²) in [6.45, 7) is 5.67. The van der Waals surface area contributed by atoms with Gasteiger partial charge in [-0.3, -0.25) is 0 Å². The van der Waals surface area contributed by atoms with Gasteiger partial charge in [0.25, 0.3) is 0 Å². The average Bonchev–Trinajstić information content (AvgIpc) is 3.24. The highest BCUT2D eigenvalue weighted by atomic mass is 16.6. The van der Waals surface area contributed by atoms with Crippen molar-refractivity contribution in [3.8, 4) is 47.7 Å². The molecule has 8 rings (SSSR count). The van der Waals surface area contributed by atoms with Crippen LogP contribution in [0.2, 0.25) is 0 Å². The first-order valence-electron chi connectivity index (χ1n) is 18.7. The number of terminal acetylenes is 2. The number of hydrogen-bond acceptors (Lipinski definition) is 14. The van der Waals surface area contributed by atoms with E-state index < -0.39 is 0 Å². The Morgan fingerprint density at radius 3 is 1.17 bits per heavy atom. The maximum absolute atomic E-state index is 5.91. The van der Waals surface area contributed by atoms with Crippen molar-refractivity contribution in [2.75, 3.05) is 89.9 Å². The number of nitrogens with zero attached hydrogens (tertiary/aromatic N) is 4. The molecule has 2 N–H and O–H groups in total. The molecule has 4 aromatic carbocycles. The van der Waals surface area contributed by atoms with E-state index in [9.17, 15) is 0 Å². The van der Waals surface area contributed by atoms with Crippen LogP contribution in [0.5, 0.6) is 23.0 Å². The van der Waals surface area contributed by atoms with Crippen molar-refractivity contribution in [2.24, 2.45) is 0 Å². The van der Waals surface area contributed by atoms with Crippen molar-refractivity contribution < 1.29 is 37.9 Å². The number of ether oxygens (including phenoxy) is 8. The number of fused-ring (bicyclic) bond motifs is 4. The van der Waals surface area contributed by atoms with Crippen LogP contribution in [-0.4, -0.2) is 99.2 Å². The van der Waals surface area contributed by atoms with Crippen LogP contribution in [0.3, 0.4) is 0 Å². The molecule has 14 nitrogen and oxygen atoms in total. The summed E-state index contributed by atoms with van der Waals surface area (Å²) in [7, 11) is 0. The molecular weight excluding hydrogens is 741 g/mol. The highest BCUT2D eigenvalue weighted by Gasteiger charge is 2.15. The lowest BCUT2D eigenvalue weighted by Gasteiger charge is -2.16. The molecule has 4 heterocycles. The molecule has 0 fully saturated rings. The van der Waals surface area contributed by atoms with Gasteiger partial charge in [0.2, 0.25) is 0 Å². The molecule has 58 heavy (non-hydrogen) atoms. The molecule has 0 unspecified atom stereocenters. The predicted molar refractivity (Wildman–Crippen MR) is 220 cm³/mol. The van der Waals surface area contributed by atoms with E-state index in [2.05, 4.69) is 42.4 Å². The van der Waals surface area contributed by atoms with Crippen molar-refractivity contribution in [3.05, 3.63) is 96.6 Å². The Labute approximate surface area is 336 Å². The second kappa shape index (κ2) is 20.5. The molecule has 0 saturated carbocycles. The molecule has 0 bridgehead atoms. The van der Waals surface area contributed by atoms with Crippen molar-refractivity contribution in [2.45, 2.75) is 0 Å². The minimum atomic E-state index is 0.405. The summed E-state index contributed by atoms with van der Waals surface area (Å²) in [5.41, 5.74) is 4.74. The van der Waals surface area contributed by atoms with Gasteiger partial charge in [0.15, 0.2) is 23.0 Å². The number of aromatic nitrogens is 4. The molecular formula is C44H42N6O8. The first kappa shape index (κ1) is 39.6. The van der Waals surface area contributed by atoms with Gasteiger partial charge in [-0.2, -0.15) is 0 Å². The molecule has 6 aromatic rings. The fourth-order valence-electron chi connectivity index (χ4n) is 5.91. The summed E-state index contributed by atoms with van der Waals surface area (Å²) in [5.74, 6) is 9.01. The van der Waals surface area contributed by atoms with Crippen LogP contribution in [0.25, 0.3) is 21.8 Å². The van der Waals surface area contributed by atoms with E-state index in [4.69, 9.17) is 50.7 Å². The molecule has 0 saturated heterocycles. The van der Waals surface area contributed by atoms with Crippen LogP contribution in [-0.2, 0) is 18.9 Å². The average molecular weight is 783 g/mol. The zero-order chi connectivity index (χ0) is 39.8. The Balaban J connectivity index is 0.000000177.